The summed E-state index contributed by atoms with van der Waals surface area (Å²) < 4.78 is 30.2. The smallest absolute Gasteiger partial charge is 0.243 e. The second kappa shape index (κ2) is 8.11. The van der Waals surface area contributed by atoms with Gasteiger partial charge in [-0.2, -0.15) is 4.31 Å². The normalized spacial score (nSPS) is 16.4. The van der Waals surface area contributed by atoms with E-state index in [0.29, 0.717) is 43.6 Å². The molecule has 1 fully saturated rings. The molecule has 0 saturated carbocycles. The van der Waals surface area contributed by atoms with E-state index in [4.69, 9.17) is 0 Å². The van der Waals surface area contributed by atoms with Gasteiger partial charge in [0.2, 0.25) is 10.0 Å². The van der Waals surface area contributed by atoms with E-state index >= 15 is 0 Å². The second-order valence-corrected chi connectivity index (χ2v) is 9.87. The molecule has 4 rings (SSSR count). The van der Waals surface area contributed by atoms with E-state index in [1.807, 2.05) is 61.7 Å². The highest BCUT2D eigenvalue weighted by atomic mass is 32.2. The van der Waals surface area contributed by atoms with Crippen LogP contribution in [0.1, 0.15) is 22.5 Å². The number of aliphatic hydroxyl groups excluding tert-OH is 1. The summed E-state index contributed by atoms with van der Waals surface area (Å²) in [6.45, 7) is 8.29. The zero-order chi connectivity index (χ0) is 21.5. The van der Waals surface area contributed by atoms with Crippen molar-refractivity contribution in [2.75, 3.05) is 26.2 Å². The summed E-state index contributed by atoms with van der Waals surface area (Å²) in [6, 6.07) is 11.7. The Morgan fingerprint density at radius 1 is 1.00 bits per heavy atom. The van der Waals surface area contributed by atoms with Crippen LogP contribution in [0.15, 0.2) is 41.3 Å². The number of nitrogens with zero attached hydrogens (tertiary/aromatic N) is 4. The first-order chi connectivity index (χ1) is 14.3. The molecule has 0 radical (unpaired) electrons. The van der Waals surface area contributed by atoms with Crippen molar-refractivity contribution in [3.05, 3.63) is 58.9 Å². The van der Waals surface area contributed by atoms with Gasteiger partial charge in [0, 0.05) is 26.2 Å². The van der Waals surface area contributed by atoms with Crippen LogP contribution in [-0.4, -0.2) is 58.5 Å². The maximum atomic E-state index is 13.3. The average Bonchev–Trinajstić information content (AvgIpc) is 3.05. The summed E-state index contributed by atoms with van der Waals surface area (Å²) in [7, 11) is -3.53. The van der Waals surface area contributed by atoms with E-state index in [1.165, 1.54) is 0 Å². The highest BCUT2D eigenvalue weighted by Crippen LogP contribution is 2.26. The van der Waals surface area contributed by atoms with Crippen LogP contribution in [0, 0.1) is 20.8 Å². The Hall–Kier alpha value is -2.26. The van der Waals surface area contributed by atoms with Gasteiger partial charge in [0.1, 0.15) is 12.4 Å². The van der Waals surface area contributed by atoms with Crippen LogP contribution in [-0.2, 0) is 23.3 Å². The summed E-state index contributed by atoms with van der Waals surface area (Å²) in [5, 5.41) is 9.71. The molecule has 0 atom stereocenters. The van der Waals surface area contributed by atoms with E-state index in [0.717, 1.165) is 27.7 Å². The Kier molecular flexibility index (Phi) is 5.67. The van der Waals surface area contributed by atoms with E-state index < -0.39 is 10.0 Å². The van der Waals surface area contributed by atoms with Crippen molar-refractivity contribution in [3.63, 3.8) is 0 Å². The number of sulfonamides is 1. The monoisotopic (exact) mass is 428 g/mol. The number of fused-ring (bicyclic) bond motifs is 1. The Labute approximate surface area is 177 Å². The van der Waals surface area contributed by atoms with E-state index in [1.54, 1.807) is 4.31 Å². The average molecular weight is 429 g/mol. The molecule has 0 unspecified atom stereocenters. The molecule has 0 bridgehead atoms. The summed E-state index contributed by atoms with van der Waals surface area (Å²) in [5.41, 5.74) is 4.50. The summed E-state index contributed by atoms with van der Waals surface area (Å²) in [5.74, 6) is 0.622. The van der Waals surface area contributed by atoms with E-state index in [9.17, 15) is 13.5 Å². The lowest BCUT2D eigenvalue weighted by atomic mass is 10.1. The number of aryl methyl sites for hydroxylation is 3. The van der Waals surface area contributed by atoms with Gasteiger partial charge in [-0.3, -0.25) is 4.90 Å². The Morgan fingerprint density at radius 2 is 1.63 bits per heavy atom. The van der Waals surface area contributed by atoms with Gasteiger partial charge in [0.05, 0.1) is 22.6 Å². The van der Waals surface area contributed by atoms with Gasteiger partial charge in [-0.15, -0.1) is 0 Å². The molecule has 0 spiro atoms. The third-order valence-corrected chi connectivity index (χ3v) is 7.96. The summed E-state index contributed by atoms with van der Waals surface area (Å²) in [6.07, 6.45) is 0. The molecule has 7 nitrogen and oxygen atoms in total. The first-order valence-corrected chi connectivity index (χ1v) is 11.6. The molecule has 1 aliphatic heterocycles. The van der Waals surface area contributed by atoms with Crippen molar-refractivity contribution < 1.29 is 13.5 Å². The van der Waals surface area contributed by atoms with Crippen LogP contribution < -0.4 is 0 Å². The van der Waals surface area contributed by atoms with Gasteiger partial charge < -0.3 is 9.67 Å². The number of hydrogen-bond donors (Lipinski definition) is 1. The highest BCUT2D eigenvalue weighted by molar-refractivity contribution is 7.89. The Morgan fingerprint density at radius 3 is 2.27 bits per heavy atom. The molecule has 1 aliphatic rings. The fraction of sp³-hybridized carbons (Fsp3) is 0.409. The van der Waals surface area contributed by atoms with Crippen molar-refractivity contribution in [2.24, 2.45) is 0 Å². The lowest BCUT2D eigenvalue weighted by molar-refractivity contribution is 0.148. The first kappa shape index (κ1) is 21.0. The largest absolute Gasteiger partial charge is 0.388 e. The van der Waals surface area contributed by atoms with Crippen molar-refractivity contribution in [1.29, 1.82) is 0 Å². The van der Waals surface area contributed by atoms with E-state index in [-0.39, 0.29) is 6.61 Å². The molecule has 1 aromatic heterocycles. The van der Waals surface area contributed by atoms with Crippen LogP contribution in [0.4, 0.5) is 0 Å². The molecule has 30 heavy (non-hydrogen) atoms. The van der Waals surface area contributed by atoms with Gasteiger partial charge in [0.25, 0.3) is 0 Å². The fourth-order valence-electron chi connectivity index (χ4n) is 4.42. The SMILES string of the molecule is Cc1cc(C)c(S(=O)(=O)N2CCN(Cn3c(CO)nc4ccccc43)CC2)c(C)c1. The zero-order valence-corrected chi connectivity index (χ0v) is 18.5. The number of benzene rings is 2. The first-order valence-electron chi connectivity index (χ1n) is 10.2. The molecule has 2 heterocycles. The number of aromatic nitrogens is 2. The molecule has 160 valence electrons. The van der Waals surface area contributed by atoms with Crippen LogP contribution in [0.2, 0.25) is 0 Å². The lowest BCUT2D eigenvalue weighted by Crippen LogP contribution is -2.49. The number of aliphatic hydroxyl groups is 1. The van der Waals surface area contributed by atoms with Crippen molar-refractivity contribution in [3.8, 4) is 0 Å². The standard InChI is InChI=1S/C22H28N4O3S/c1-16-12-17(2)22(18(3)13-16)30(28,29)25-10-8-24(9-11-25)15-26-20-7-5-4-6-19(20)23-21(26)14-27/h4-7,12-13,27H,8-11,14-15H2,1-3H3. The van der Waals surface area contributed by atoms with Crippen LogP contribution in [0.5, 0.6) is 0 Å². The lowest BCUT2D eigenvalue weighted by Gasteiger charge is -2.35. The molecular formula is C22H28N4O3S. The highest BCUT2D eigenvalue weighted by Gasteiger charge is 2.31. The minimum atomic E-state index is -3.53. The summed E-state index contributed by atoms with van der Waals surface area (Å²) >= 11 is 0. The van der Waals surface area contributed by atoms with Gasteiger partial charge in [-0.1, -0.05) is 29.8 Å². The molecule has 0 amide bonds. The quantitative estimate of drug-likeness (QED) is 0.675. The van der Waals surface area contributed by atoms with Gasteiger partial charge in [-0.25, -0.2) is 13.4 Å². The third kappa shape index (κ3) is 3.76. The number of hydrogen-bond acceptors (Lipinski definition) is 5. The second-order valence-electron chi connectivity index (χ2n) is 7.99. The minimum absolute atomic E-state index is 0.130. The fourth-order valence-corrected chi connectivity index (χ4v) is 6.25. The molecule has 2 aromatic carbocycles. The van der Waals surface area contributed by atoms with Crippen LogP contribution in [0.25, 0.3) is 11.0 Å². The van der Waals surface area contributed by atoms with Crippen LogP contribution >= 0.6 is 0 Å². The summed E-state index contributed by atoms with van der Waals surface area (Å²) in [4.78, 5) is 7.13. The third-order valence-electron chi connectivity index (χ3n) is 5.75. The number of piperazine rings is 1. The van der Waals surface area contributed by atoms with Gasteiger partial charge in [-0.05, 0) is 44.0 Å². The number of rotatable bonds is 5. The molecule has 8 heteroatoms. The van der Waals surface area contributed by atoms with Gasteiger partial charge >= 0.3 is 0 Å². The zero-order valence-electron chi connectivity index (χ0n) is 17.7. The molecule has 1 saturated heterocycles. The molecule has 3 aromatic rings. The van der Waals surface area contributed by atoms with Crippen molar-refractivity contribution in [1.82, 2.24) is 18.8 Å². The van der Waals surface area contributed by atoms with Crippen molar-refractivity contribution in [2.45, 2.75) is 38.9 Å². The predicted octanol–water partition coefficient (Wildman–Crippen LogP) is 2.42. The van der Waals surface area contributed by atoms with Crippen molar-refractivity contribution >= 4 is 21.1 Å². The number of imidazole rings is 1. The Balaban J connectivity index is 1.51. The molecular weight excluding hydrogens is 400 g/mol. The minimum Gasteiger partial charge on any atom is -0.388 e. The van der Waals surface area contributed by atoms with Crippen LogP contribution in [0.3, 0.4) is 0 Å². The maximum absolute atomic E-state index is 13.3. The van der Waals surface area contributed by atoms with Gasteiger partial charge in [0.15, 0.2) is 0 Å². The molecule has 0 aliphatic carbocycles. The van der Waals surface area contributed by atoms with E-state index in [2.05, 4.69) is 9.88 Å². The maximum Gasteiger partial charge on any atom is 0.243 e. The number of para-hydroxylation sites is 2. The Bertz CT molecular complexity index is 1160. The predicted molar refractivity (Wildman–Crippen MR) is 117 cm³/mol. The molecule has 1 N–H and O–H groups in total. The topological polar surface area (TPSA) is 78.7 Å².